The Balaban J connectivity index is 1.91. The third-order valence-corrected chi connectivity index (χ3v) is 4.54. The van der Waals surface area contributed by atoms with Crippen molar-refractivity contribution in [3.05, 3.63) is 29.6 Å². The largest absolute Gasteiger partial charge is 0.491 e. The quantitative estimate of drug-likeness (QED) is 0.649. The number of hydrogen-bond acceptors (Lipinski definition) is 1. The molecular weight excluding hydrogens is 251 g/mol. The van der Waals surface area contributed by atoms with Crippen LogP contribution in [0, 0.1) is 11.7 Å². The van der Waals surface area contributed by atoms with Gasteiger partial charge in [0.1, 0.15) is 0 Å². The SMILES string of the molecule is CCCCC1CCC(c2ccc(OCC)c(F)c2)CC1. The van der Waals surface area contributed by atoms with E-state index in [4.69, 9.17) is 4.74 Å². The summed E-state index contributed by atoms with van der Waals surface area (Å²) in [5.74, 6) is 1.61. The maximum absolute atomic E-state index is 13.9. The molecule has 2 heteroatoms. The van der Waals surface area contributed by atoms with E-state index in [0.29, 0.717) is 18.3 Å². The van der Waals surface area contributed by atoms with Crippen molar-refractivity contribution in [2.45, 2.75) is 64.7 Å². The van der Waals surface area contributed by atoms with Gasteiger partial charge in [0.2, 0.25) is 0 Å². The Hall–Kier alpha value is -1.05. The molecule has 0 N–H and O–H groups in total. The summed E-state index contributed by atoms with van der Waals surface area (Å²) in [6.45, 7) is 4.65. The molecule has 0 heterocycles. The lowest BCUT2D eigenvalue weighted by Gasteiger charge is -2.29. The first kappa shape index (κ1) is 15.3. The first-order valence-corrected chi connectivity index (χ1v) is 8.16. The first-order valence-electron chi connectivity index (χ1n) is 8.16. The summed E-state index contributed by atoms with van der Waals surface area (Å²) in [6, 6.07) is 5.52. The van der Waals surface area contributed by atoms with Gasteiger partial charge in [-0.2, -0.15) is 0 Å². The van der Waals surface area contributed by atoms with Gasteiger partial charge < -0.3 is 4.74 Å². The van der Waals surface area contributed by atoms with Gasteiger partial charge in [0.25, 0.3) is 0 Å². The first-order chi connectivity index (χ1) is 9.74. The Bertz CT molecular complexity index is 408. The summed E-state index contributed by atoms with van der Waals surface area (Å²) in [5.41, 5.74) is 1.15. The molecule has 20 heavy (non-hydrogen) atoms. The highest BCUT2D eigenvalue weighted by Crippen LogP contribution is 2.38. The van der Waals surface area contributed by atoms with Crippen molar-refractivity contribution < 1.29 is 9.13 Å². The zero-order valence-corrected chi connectivity index (χ0v) is 12.8. The number of unbranched alkanes of at least 4 members (excludes halogenated alkanes) is 1. The monoisotopic (exact) mass is 278 g/mol. The second kappa shape index (κ2) is 7.66. The number of halogens is 1. The van der Waals surface area contributed by atoms with Gasteiger partial charge in [-0.25, -0.2) is 4.39 Å². The second-order valence-corrected chi connectivity index (χ2v) is 5.98. The summed E-state index contributed by atoms with van der Waals surface area (Å²) in [7, 11) is 0. The highest BCUT2D eigenvalue weighted by atomic mass is 19.1. The lowest BCUT2D eigenvalue weighted by molar-refractivity contribution is 0.302. The lowest BCUT2D eigenvalue weighted by Crippen LogP contribution is -2.13. The van der Waals surface area contributed by atoms with Gasteiger partial charge in [0.05, 0.1) is 6.61 Å². The molecule has 0 saturated heterocycles. The molecule has 1 nitrogen and oxygen atoms in total. The molecule has 0 unspecified atom stereocenters. The van der Waals surface area contributed by atoms with Crippen LogP contribution in [0.5, 0.6) is 5.75 Å². The molecular formula is C18H27FO. The molecule has 0 amide bonds. The minimum absolute atomic E-state index is 0.211. The van der Waals surface area contributed by atoms with Gasteiger partial charge in [0, 0.05) is 0 Å². The molecule has 1 aromatic rings. The minimum atomic E-state index is -0.211. The highest BCUT2D eigenvalue weighted by Gasteiger charge is 2.22. The van der Waals surface area contributed by atoms with Crippen molar-refractivity contribution in [3.63, 3.8) is 0 Å². The lowest BCUT2D eigenvalue weighted by atomic mass is 9.77. The molecule has 1 aliphatic carbocycles. The Labute approximate surface area is 122 Å². The van der Waals surface area contributed by atoms with Crippen molar-refractivity contribution in [2.24, 2.45) is 5.92 Å². The van der Waals surface area contributed by atoms with E-state index in [-0.39, 0.29) is 5.82 Å². The van der Waals surface area contributed by atoms with Crippen molar-refractivity contribution >= 4 is 0 Å². The van der Waals surface area contributed by atoms with Gasteiger partial charge in [-0.3, -0.25) is 0 Å². The summed E-state index contributed by atoms with van der Waals surface area (Å²) < 4.78 is 19.2. The third kappa shape index (κ3) is 3.97. The molecule has 1 fully saturated rings. The van der Waals surface area contributed by atoms with Crippen LogP contribution in [-0.2, 0) is 0 Å². The maximum atomic E-state index is 13.9. The zero-order chi connectivity index (χ0) is 14.4. The number of ether oxygens (including phenoxy) is 1. The van der Waals surface area contributed by atoms with E-state index in [9.17, 15) is 4.39 Å². The summed E-state index contributed by atoms with van der Waals surface area (Å²) in [4.78, 5) is 0. The van der Waals surface area contributed by atoms with E-state index < -0.39 is 0 Å². The number of rotatable bonds is 6. The van der Waals surface area contributed by atoms with Crippen LogP contribution in [-0.4, -0.2) is 6.61 Å². The highest BCUT2D eigenvalue weighted by molar-refractivity contribution is 5.31. The number of hydrogen-bond donors (Lipinski definition) is 0. The Kier molecular flexibility index (Phi) is 5.87. The Morgan fingerprint density at radius 3 is 2.50 bits per heavy atom. The van der Waals surface area contributed by atoms with Crippen LogP contribution >= 0.6 is 0 Å². The molecule has 0 radical (unpaired) electrons. The van der Waals surface area contributed by atoms with Crippen molar-refractivity contribution in [1.29, 1.82) is 0 Å². The molecule has 0 spiro atoms. The fourth-order valence-electron chi connectivity index (χ4n) is 3.32. The van der Waals surface area contributed by atoms with E-state index in [1.165, 1.54) is 44.9 Å². The van der Waals surface area contributed by atoms with E-state index in [1.807, 2.05) is 13.0 Å². The third-order valence-electron chi connectivity index (χ3n) is 4.54. The average Bonchev–Trinajstić information content (AvgIpc) is 2.48. The van der Waals surface area contributed by atoms with Crippen LogP contribution in [0.1, 0.15) is 70.3 Å². The second-order valence-electron chi connectivity index (χ2n) is 5.98. The molecule has 1 aliphatic rings. The molecule has 1 aromatic carbocycles. The average molecular weight is 278 g/mol. The summed E-state index contributed by atoms with van der Waals surface area (Å²) in [5, 5.41) is 0. The minimum Gasteiger partial charge on any atom is -0.491 e. The van der Waals surface area contributed by atoms with Crippen LogP contribution in [0.25, 0.3) is 0 Å². The Morgan fingerprint density at radius 1 is 1.15 bits per heavy atom. The van der Waals surface area contributed by atoms with Crippen LogP contribution in [0.4, 0.5) is 4.39 Å². The topological polar surface area (TPSA) is 9.23 Å². The smallest absolute Gasteiger partial charge is 0.165 e. The predicted molar refractivity (Wildman–Crippen MR) is 81.8 cm³/mol. The van der Waals surface area contributed by atoms with Crippen LogP contribution in [0.15, 0.2) is 18.2 Å². The van der Waals surface area contributed by atoms with Crippen LogP contribution in [0.2, 0.25) is 0 Å². The van der Waals surface area contributed by atoms with E-state index >= 15 is 0 Å². The van der Waals surface area contributed by atoms with Crippen molar-refractivity contribution in [2.75, 3.05) is 6.61 Å². The molecule has 2 rings (SSSR count). The standard InChI is InChI=1S/C18H27FO/c1-3-5-6-14-7-9-15(10-8-14)16-11-12-18(20-4-2)17(19)13-16/h11-15H,3-10H2,1-2H3. The molecule has 0 aliphatic heterocycles. The van der Waals surface area contributed by atoms with Gasteiger partial charge in [-0.15, -0.1) is 0 Å². The molecule has 1 saturated carbocycles. The van der Waals surface area contributed by atoms with E-state index in [2.05, 4.69) is 6.92 Å². The van der Waals surface area contributed by atoms with Crippen molar-refractivity contribution in [1.82, 2.24) is 0 Å². The molecule has 112 valence electrons. The molecule has 0 atom stereocenters. The molecule has 0 aromatic heterocycles. The van der Waals surface area contributed by atoms with Gasteiger partial charge in [-0.1, -0.05) is 32.3 Å². The number of benzene rings is 1. The van der Waals surface area contributed by atoms with Gasteiger partial charge >= 0.3 is 0 Å². The van der Waals surface area contributed by atoms with E-state index in [1.54, 1.807) is 12.1 Å². The summed E-state index contributed by atoms with van der Waals surface area (Å²) in [6.07, 6.45) is 9.06. The maximum Gasteiger partial charge on any atom is 0.165 e. The van der Waals surface area contributed by atoms with Crippen LogP contribution < -0.4 is 4.74 Å². The van der Waals surface area contributed by atoms with Crippen molar-refractivity contribution in [3.8, 4) is 5.75 Å². The van der Waals surface area contributed by atoms with Gasteiger partial charge in [-0.05, 0) is 62.1 Å². The van der Waals surface area contributed by atoms with Gasteiger partial charge in [0.15, 0.2) is 11.6 Å². The predicted octanol–water partition coefficient (Wildman–Crippen LogP) is 5.69. The van der Waals surface area contributed by atoms with E-state index in [0.717, 1.165) is 11.5 Å². The molecule has 0 bridgehead atoms. The normalized spacial score (nSPS) is 22.8. The zero-order valence-electron chi connectivity index (χ0n) is 12.8. The fraction of sp³-hybridized carbons (Fsp3) is 0.667. The Morgan fingerprint density at radius 2 is 1.90 bits per heavy atom. The summed E-state index contributed by atoms with van der Waals surface area (Å²) >= 11 is 0. The fourth-order valence-corrected chi connectivity index (χ4v) is 3.32. The van der Waals surface area contributed by atoms with Crippen LogP contribution in [0.3, 0.4) is 0 Å².